The van der Waals surface area contributed by atoms with Crippen molar-refractivity contribution in [3.63, 3.8) is 0 Å². The molecule has 14 heteroatoms. The molecule has 1 N–H and O–H groups in total. The number of imidazole rings is 1. The van der Waals surface area contributed by atoms with E-state index in [1.54, 1.807) is 23.9 Å². The number of fused-ring (bicyclic) bond motifs is 1. The van der Waals surface area contributed by atoms with Gasteiger partial charge in [-0.2, -0.15) is 4.98 Å². The van der Waals surface area contributed by atoms with Gasteiger partial charge < -0.3 is 27.6 Å². The molecule has 0 saturated heterocycles. The van der Waals surface area contributed by atoms with Crippen molar-refractivity contribution in [2.75, 3.05) is 13.7 Å². The lowest BCUT2D eigenvalue weighted by atomic mass is 9.78. The second-order valence-electron chi connectivity index (χ2n) is 11.3. The zero-order valence-electron chi connectivity index (χ0n) is 25.8. The Kier molecular flexibility index (Phi) is 9.79. The molecule has 0 aliphatic heterocycles. The second kappa shape index (κ2) is 13.2. The average molecular weight is 630 g/mol. The molecule has 0 fully saturated rings. The number of carbonyl (C=O) groups is 2. The Bertz CT molecular complexity index is 1820. The van der Waals surface area contributed by atoms with Gasteiger partial charge >= 0.3 is 17.8 Å². The Hall–Kier alpha value is -4.23. The van der Waals surface area contributed by atoms with E-state index < -0.39 is 29.3 Å². The summed E-state index contributed by atoms with van der Waals surface area (Å²) in [4.78, 5) is 44.8. The first-order valence-corrected chi connectivity index (χ1v) is 14.3. The van der Waals surface area contributed by atoms with Crippen LogP contribution in [0.5, 0.6) is 5.75 Å². The van der Waals surface area contributed by atoms with Crippen molar-refractivity contribution >= 4 is 34.7 Å². The summed E-state index contributed by atoms with van der Waals surface area (Å²) in [5, 5.41) is 8.60. The average Bonchev–Trinajstić information content (AvgIpc) is 3.46. The molecule has 1 aromatic carbocycles. The van der Waals surface area contributed by atoms with Crippen LogP contribution in [0.15, 0.2) is 32.1 Å². The molecule has 4 aromatic rings. The topological polar surface area (TPSA) is 165 Å². The minimum Gasteiger partial charge on any atom is -0.463 e. The fraction of sp³-hybridized carbons (Fsp3) is 0.467. The van der Waals surface area contributed by atoms with Crippen LogP contribution in [0.25, 0.3) is 11.2 Å². The highest BCUT2D eigenvalue weighted by molar-refractivity contribution is 6.28. The van der Waals surface area contributed by atoms with Crippen molar-refractivity contribution in [2.45, 2.75) is 79.0 Å². The Morgan fingerprint density at radius 3 is 2.55 bits per heavy atom. The molecule has 236 valence electrons. The van der Waals surface area contributed by atoms with E-state index in [4.69, 9.17) is 40.1 Å². The SMILES string of the molecule is COC(CCn1cnc2c(=N)n(Cc3oc(=O)oc3C)c(Cl)nc21)COC(=O)CC(C)(C)c1c(C)cc(C)cc1OC(C)=O. The van der Waals surface area contributed by atoms with Gasteiger partial charge in [0.1, 0.15) is 23.6 Å². The molecule has 4 rings (SSSR count). The predicted molar refractivity (Wildman–Crippen MR) is 159 cm³/mol. The first-order chi connectivity index (χ1) is 20.7. The van der Waals surface area contributed by atoms with Gasteiger partial charge in [0.15, 0.2) is 16.9 Å². The number of esters is 2. The Morgan fingerprint density at radius 1 is 1.18 bits per heavy atom. The van der Waals surface area contributed by atoms with Crippen LogP contribution in [-0.2, 0) is 37.6 Å². The third-order valence-electron chi connectivity index (χ3n) is 7.28. The molecule has 0 radical (unpaired) electrons. The molecule has 0 spiro atoms. The normalized spacial score (nSPS) is 12.5. The number of aromatic nitrogens is 4. The number of carbonyl (C=O) groups excluding carboxylic acids is 2. The number of aryl methyl sites for hydroxylation is 4. The second-order valence-corrected chi connectivity index (χ2v) is 11.6. The highest BCUT2D eigenvalue weighted by atomic mass is 35.5. The number of methoxy groups -OCH3 is 1. The summed E-state index contributed by atoms with van der Waals surface area (Å²) >= 11 is 6.40. The highest BCUT2D eigenvalue weighted by Gasteiger charge is 2.31. The fourth-order valence-electron chi connectivity index (χ4n) is 5.27. The van der Waals surface area contributed by atoms with E-state index >= 15 is 0 Å². The summed E-state index contributed by atoms with van der Waals surface area (Å²) in [5.74, 6) is -0.729. The molecule has 0 amide bonds. The molecule has 0 saturated carbocycles. The molecule has 0 aliphatic carbocycles. The summed E-state index contributed by atoms with van der Waals surface area (Å²) in [6.07, 6.45) is 1.63. The number of halogens is 1. The number of rotatable bonds is 12. The molecule has 0 aliphatic rings. The zero-order valence-corrected chi connectivity index (χ0v) is 26.5. The van der Waals surface area contributed by atoms with Gasteiger partial charge in [-0.3, -0.25) is 19.6 Å². The summed E-state index contributed by atoms with van der Waals surface area (Å²) < 4.78 is 29.7. The van der Waals surface area contributed by atoms with Gasteiger partial charge in [0.2, 0.25) is 5.28 Å². The number of ether oxygens (including phenoxy) is 3. The molecule has 3 heterocycles. The van der Waals surface area contributed by atoms with Crippen molar-refractivity contribution in [2.24, 2.45) is 0 Å². The van der Waals surface area contributed by atoms with Crippen LogP contribution < -0.4 is 16.0 Å². The number of benzene rings is 1. The van der Waals surface area contributed by atoms with E-state index in [1.165, 1.54) is 18.6 Å². The monoisotopic (exact) mass is 629 g/mol. The maximum Gasteiger partial charge on any atom is 0.519 e. The smallest absolute Gasteiger partial charge is 0.463 e. The summed E-state index contributed by atoms with van der Waals surface area (Å²) in [5.41, 5.74) is 2.66. The van der Waals surface area contributed by atoms with Crippen LogP contribution in [-0.4, -0.2) is 50.9 Å². The van der Waals surface area contributed by atoms with Crippen molar-refractivity contribution < 1.29 is 32.6 Å². The van der Waals surface area contributed by atoms with Gasteiger partial charge in [-0.05, 0) is 56.0 Å². The van der Waals surface area contributed by atoms with Gasteiger partial charge in [0.05, 0.1) is 25.4 Å². The summed E-state index contributed by atoms with van der Waals surface area (Å²) in [7, 11) is 1.53. The van der Waals surface area contributed by atoms with E-state index in [2.05, 4.69) is 9.97 Å². The number of nitrogens with one attached hydrogen (secondary N) is 1. The lowest BCUT2D eigenvalue weighted by molar-refractivity contribution is -0.148. The van der Waals surface area contributed by atoms with Gasteiger partial charge in [0.25, 0.3) is 0 Å². The maximum atomic E-state index is 13.0. The Labute approximate surface area is 258 Å². The predicted octanol–water partition coefficient (Wildman–Crippen LogP) is 4.13. The summed E-state index contributed by atoms with van der Waals surface area (Å²) in [6.45, 7) is 11.0. The minimum absolute atomic E-state index is 0.00742. The van der Waals surface area contributed by atoms with E-state index in [0.29, 0.717) is 29.9 Å². The zero-order chi connectivity index (χ0) is 32.3. The number of nitrogens with zero attached hydrogens (tertiary/aromatic N) is 4. The van der Waals surface area contributed by atoms with Crippen LogP contribution in [0.3, 0.4) is 0 Å². The third kappa shape index (κ3) is 7.28. The first kappa shape index (κ1) is 32.7. The number of hydrogen-bond acceptors (Lipinski definition) is 11. The van der Waals surface area contributed by atoms with E-state index in [1.807, 2.05) is 33.8 Å². The maximum absolute atomic E-state index is 13.0. The van der Waals surface area contributed by atoms with Crippen LogP contribution >= 0.6 is 11.6 Å². The van der Waals surface area contributed by atoms with Crippen LogP contribution in [0.4, 0.5) is 0 Å². The fourth-order valence-corrected chi connectivity index (χ4v) is 5.49. The molecule has 13 nitrogen and oxygen atoms in total. The quantitative estimate of drug-likeness (QED) is 0.137. The lowest BCUT2D eigenvalue weighted by Crippen LogP contribution is -2.28. The van der Waals surface area contributed by atoms with E-state index in [-0.39, 0.29) is 41.9 Å². The Morgan fingerprint density at radius 2 is 1.91 bits per heavy atom. The van der Waals surface area contributed by atoms with E-state index in [0.717, 1.165) is 16.7 Å². The first-order valence-electron chi connectivity index (χ1n) is 13.9. The van der Waals surface area contributed by atoms with Crippen molar-refractivity contribution in [1.29, 1.82) is 5.41 Å². The van der Waals surface area contributed by atoms with Crippen LogP contribution in [0.1, 0.15) is 61.8 Å². The Balaban J connectivity index is 1.41. The molecular formula is C30H36ClN5O8. The standard InChI is InChI=1S/C30H36ClN5O8/c1-16-10-17(2)24(21(11-16)43-19(4)37)30(5,6)12-23(38)41-14-20(40-7)8-9-35-15-33-25-26(32)36(28(31)34-27(25)35)13-22-18(3)42-29(39)44-22/h10-11,15,20,32H,8-9,12-14H2,1-7H3. The summed E-state index contributed by atoms with van der Waals surface area (Å²) in [6, 6.07) is 3.78. The molecular weight excluding hydrogens is 594 g/mol. The van der Waals surface area contributed by atoms with Crippen molar-refractivity contribution in [1.82, 2.24) is 19.1 Å². The highest BCUT2D eigenvalue weighted by Crippen LogP contribution is 2.38. The largest absolute Gasteiger partial charge is 0.519 e. The molecule has 44 heavy (non-hydrogen) atoms. The van der Waals surface area contributed by atoms with Crippen molar-refractivity contribution in [3.05, 3.63) is 68.1 Å². The number of hydrogen-bond donors (Lipinski definition) is 1. The van der Waals surface area contributed by atoms with Crippen LogP contribution in [0.2, 0.25) is 5.28 Å². The van der Waals surface area contributed by atoms with Gasteiger partial charge in [-0.1, -0.05) is 19.9 Å². The van der Waals surface area contributed by atoms with E-state index in [9.17, 15) is 14.4 Å². The van der Waals surface area contributed by atoms with Gasteiger partial charge in [0, 0.05) is 31.6 Å². The molecule has 0 bridgehead atoms. The molecule has 1 unspecified atom stereocenters. The van der Waals surface area contributed by atoms with Crippen molar-refractivity contribution in [3.8, 4) is 5.75 Å². The lowest BCUT2D eigenvalue weighted by Gasteiger charge is -2.29. The van der Waals surface area contributed by atoms with Gasteiger partial charge in [-0.25, -0.2) is 9.78 Å². The van der Waals surface area contributed by atoms with Gasteiger partial charge in [-0.15, -0.1) is 0 Å². The molecule has 3 aromatic heterocycles. The third-order valence-corrected chi connectivity index (χ3v) is 7.57. The van der Waals surface area contributed by atoms with Crippen LogP contribution in [0, 0.1) is 26.2 Å². The minimum atomic E-state index is -0.837. The molecule has 1 atom stereocenters.